The molecule has 5 nitrogen and oxygen atoms in total. The lowest BCUT2D eigenvalue weighted by Gasteiger charge is -2.12. The molecule has 0 radical (unpaired) electrons. The number of rotatable bonds is 3. The summed E-state index contributed by atoms with van der Waals surface area (Å²) in [6.45, 7) is 1.88. The number of aryl methyl sites for hydroxylation is 1. The number of sulfonamides is 1. The Kier molecular flexibility index (Phi) is 5.55. The summed E-state index contributed by atoms with van der Waals surface area (Å²) in [6, 6.07) is 19.4. The Hall–Kier alpha value is -3.53. The maximum atomic E-state index is 12.9. The molecule has 0 saturated carbocycles. The molecule has 1 aromatic heterocycles. The molecule has 0 spiro atoms. The van der Waals surface area contributed by atoms with Crippen molar-refractivity contribution in [3.8, 4) is 11.8 Å². The predicted molar refractivity (Wildman–Crippen MR) is 122 cm³/mol. The molecule has 0 bridgehead atoms. The van der Waals surface area contributed by atoms with Crippen LogP contribution in [0.2, 0.25) is 5.02 Å². The van der Waals surface area contributed by atoms with E-state index in [2.05, 4.69) is 16.6 Å². The van der Waals surface area contributed by atoms with Crippen LogP contribution in [0, 0.1) is 18.8 Å². The van der Waals surface area contributed by atoms with Gasteiger partial charge in [0, 0.05) is 22.0 Å². The fourth-order valence-corrected chi connectivity index (χ4v) is 4.16. The van der Waals surface area contributed by atoms with Crippen molar-refractivity contribution >= 4 is 38.3 Å². The van der Waals surface area contributed by atoms with E-state index in [-0.39, 0.29) is 10.6 Å². The summed E-state index contributed by atoms with van der Waals surface area (Å²) in [4.78, 5) is 11.7. The molecule has 0 saturated heterocycles. The van der Waals surface area contributed by atoms with Crippen LogP contribution in [0.4, 0.5) is 5.69 Å². The van der Waals surface area contributed by atoms with Gasteiger partial charge in [-0.25, -0.2) is 13.2 Å². The monoisotopic (exact) mass is 449 g/mol. The zero-order chi connectivity index (χ0) is 22.0. The molecule has 0 fully saturated rings. The van der Waals surface area contributed by atoms with Gasteiger partial charge in [0.2, 0.25) is 0 Å². The van der Waals surface area contributed by atoms with Crippen LogP contribution in [-0.2, 0) is 10.0 Å². The highest BCUT2D eigenvalue weighted by molar-refractivity contribution is 7.92. The van der Waals surface area contributed by atoms with E-state index in [1.54, 1.807) is 42.5 Å². The van der Waals surface area contributed by atoms with Crippen molar-refractivity contribution in [3.05, 3.63) is 105 Å². The fraction of sp³-hybridized carbons (Fsp3) is 0.0417. The van der Waals surface area contributed by atoms with E-state index in [4.69, 9.17) is 16.0 Å². The van der Waals surface area contributed by atoms with E-state index in [0.29, 0.717) is 27.1 Å². The Bertz CT molecular complexity index is 1490. The first-order valence-electron chi connectivity index (χ1n) is 9.26. The minimum Gasteiger partial charge on any atom is -0.423 e. The second-order valence-corrected chi connectivity index (χ2v) is 8.95. The van der Waals surface area contributed by atoms with Gasteiger partial charge in [-0.05, 0) is 61.5 Å². The topological polar surface area (TPSA) is 76.4 Å². The molecular weight excluding hydrogens is 434 g/mol. The Labute approximate surface area is 184 Å². The van der Waals surface area contributed by atoms with Crippen LogP contribution in [-0.4, -0.2) is 8.42 Å². The second-order valence-electron chi connectivity index (χ2n) is 6.83. The molecule has 31 heavy (non-hydrogen) atoms. The van der Waals surface area contributed by atoms with Crippen LogP contribution >= 0.6 is 11.6 Å². The summed E-state index contributed by atoms with van der Waals surface area (Å²) in [5.41, 5.74) is 2.14. The summed E-state index contributed by atoms with van der Waals surface area (Å²) in [7, 11) is -3.85. The van der Waals surface area contributed by atoms with Gasteiger partial charge in [0.25, 0.3) is 10.0 Å². The summed E-state index contributed by atoms with van der Waals surface area (Å²) >= 11 is 5.92. The molecule has 0 aliphatic rings. The number of halogens is 1. The van der Waals surface area contributed by atoms with Gasteiger partial charge in [-0.1, -0.05) is 41.1 Å². The molecule has 3 aromatic carbocycles. The Morgan fingerprint density at radius 3 is 2.29 bits per heavy atom. The number of fused-ring (bicyclic) bond motifs is 1. The minimum atomic E-state index is -3.85. The number of nitrogens with one attached hydrogen (secondary N) is 1. The van der Waals surface area contributed by atoms with E-state index < -0.39 is 15.6 Å². The van der Waals surface area contributed by atoms with E-state index in [9.17, 15) is 13.2 Å². The van der Waals surface area contributed by atoms with Crippen LogP contribution in [0.15, 0.2) is 86.9 Å². The lowest BCUT2D eigenvalue weighted by molar-refractivity contribution is 0.561. The maximum Gasteiger partial charge on any atom is 0.336 e. The number of benzene rings is 3. The molecule has 0 aliphatic carbocycles. The predicted octanol–water partition coefficient (Wildman–Crippen LogP) is 4.96. The largest absolute Gasteiger partial charge is 0.423 e. The third-order valence-electron chi connectivity index (χ3n) is 4.55. The molecule has 4 aromatic rings. The van der Waals surface area contributed by atoms with Gasteiger partial charge < -0.3 is 4.42 Å². The highest BCUT2D eigenvalue weighted by Gasteiger charge is 2.17. The van der Waals surface area contributed by atoms with Gasteiger partial charge in [0.15, 0.2) is 0 Å². The maximum absolute atomic E-state index is 12.9. The molecule has 4 rings (SSSR count). The third-order valence-corrected chi connectivity index (χ3v) is 6.19. The summed E-state index contributed by atoms with van der Waals surface area (Å²) in [5.74, 6) is 6.02. The lowest BCUT2D eigenvalue weighted by atomic mass is 10.1. The van der Waals surface area contributed by atoms with Crippen molar-refractivity contribution in [3.63, 3.8) is 0 Å². The summed E-state index contributed by atoms with van der Waals surface area (Å²) < 4.78 is 33.7. The summed E-state index contributed by atoms with van der Waals surface area (Å²) in [5, 5.41) is 1.11. The van der Waals surface area contributed by atoms with Crippen molar-refractivity contribution in [1.29, 1.82) is 0 Å². The smallest absolute Gasteiger partial charge is 0.336 e. The molecule has 0 aliphatic heterocycles. The van der Waals surface area contributed by atoms with Crippen LogP contribution in [0.25, 0.3) is 11.0 Å². The summed E-state index contributed by atoms with van der Waals surface area (Å²) in [6.07, 6.45) is 0. The first-order chi connectivity index (χ1) is 14.8. The molecule has 1 heterocycles. The quantitative estimate of drug-likeness (QED) is 0.354. The highest BCUT2D eigenvalue weighted by Crippen LogP contribution is 2.27. The number of hydrogen-bond donors (Lipinski definition) is 1. The van der Waals surface area contributed by atoms with Gasteiger partial charge in [0.05, 0.1) is 16.1 Å². The number of hydrogen-bond acceptors (Lipinski definition) is 4. The molecule has 154 valence electrons. The first kappa shape index (κ1) is 20.7. The average Bonchev–Trinajstić information content (AvgIpc) is 2.74. The normalized spacial score (nSPS) is 11.0. The Morgan fingerprint density at radius 2 is 1.58 bits per heavy atom. The molecular formula is C24H16ClNO4S. The van der Waals surface area contributed by atoms with Crippen LogP contribution < -0.4 is 10.3 Å². The standard InChI is InChI=1S/C24H16ClNO4S/c1-16-2-9-19(10-3-16)31(28,29)26-22-13-14-23-21(12-15-24(27)30-23)20(22)11-6-17-4-7-18(25)8-5-17/h2-5,7-10,12-15,26H,1H3. The van der Waals surface area contributed by atoms with Gasteiger partial charge in [0.1, 0.15) is 5.58 Å². The van der Waals surface area contributed by atoms with Crippen molar-refractivity contribution in [2.45, 2.75) is 11.8 Å². The fourth-order valence-electron chi connectivity index (χ4n) is 2.96. The third kappa shape index (κ3) is 4.64. The van der Waals surface area contributed by atoms with Crippen LogP contribution in [0.5, 0.6) is 0 Å². The van der Waals surface area contributed by atoms with Gasteiger partial charge in [-0.3, -0.25) is 4.72 Å². The average molecular weight is 450 g/mol. The molecule has 1 N–H and O–H groups in total. The lowest BCUT2D eigenvalue weighted by Crippen LogP contribution is -2.14. The Balaban J connectivity index is 1.84. The zero-order valence-corrected chi connectivity index (χ0v) is 17.9. The van der Waals surface area contributed by atoms with Crippen LogP contribution in [0.3, 0.4) is 0 Å². The van der Waals surface area contributed by atoms with Crippen molar-refractivity contribution in [1.82, 2.24) is 0 Å². The van der Waals surface area contributed by atoms with E-state index in [1.807, 2.05) is 6.92 Å². The second kappa shape index (κ2) is 8.31. The molecule has 0 unspecified atom stereocenters. The molecule has 0 amide bonds. The van der Waals surface area contributed by atoms with Gasteiger partial charge >= 0.3 is 5.63 Å². The number of anilines is 1. The first-order valence-corrected chi connectivity index (χ1v) is 11.1. The Morgan fingerprint density at radius 1 is 0.871 bits per heavy atom. The molecule has 0 atom stereocenters. The molecule has 7 heteroatoms. The van der Waals surface area contributed by atoms with Gasteiger partial charge in [-0.2, -0.15) is 0 Å². The van der Waals surface area contributed by atoms with E-state index >= 15 is 0 Å². The highest BCUT2D eigenvalue weighted by atomic mass is 35.5. The SMILES string of the molecule is Cc1ccc(S(=O)(=O)Nc2ccc3oc(=O)ccc3c2C#Cc2ccc(Cl)cc2)cc1. The van der Waals surface area contributed by atoms with Crippen molar-refractivity contribution in [2.24, 2.45) is 0 Å². The van der Waals surface area contributed by atoms with Gasteiger partial charge in [-0.15, -0.1) is 0 Å². The van der Waals surface area contributed by atoms with E-state index in [1.165, 1.54) is 30.3 Å². The van der Waals surface area contributed by atoms with Crippen LogP contribution in [0.1, 0.15) is 16.7 Å². The van der Waals surface area contributed by atoms with E-state index in [0.717, 1.165) is 5.56 Å². The minimum absolute atomic E-state index is 0.134. The van der Waals surface area contributed by atoms with Crippen molar-refractivity contribution < 1.29 is 12.8 Å². The zero-order valence-electron chi connectivity index (χ0n) is 16.3. The van der Waals surface area contributed by atoms with Crippen molar-refractivity contribution in [2.75, 3.05) is 4.72 Å².